The second-order valence-electron chi connectivity index (χ2n) is 6.05. The summed E-state index contributed by atoms with van der Waals surface area (Å²) in [6.07, 6.45) is 4.58. The van der Waals surface area contributed by atoms with Gasteiger partial charge in [0.25, 0.3) is 0 Å². The number of halogens is 2. The van der Waals surface area contributed by atoms with E-state index in [4.69, 9.17) is 23.2 Å². The van der Waals surface area contributed by atoms with Gasteiger partial charge in [-0.1, -0.05) is 47.5 Å². The Balaban J connectivity index is 1.83. The summed E-state index contributed by atoms with van der Waals surface area (Å²) in [5.74, 6) is 0.785. The van der Waals surface area contributed by atoms with Crippen LogP contribution in [0.4, 0.5) is 0 Å². The molecular weight excluding hydrogens is 327 g/mol. The zero-order chi connectivity index (χ0) is 15.8. The Morgan fingerprint density at radius 1 is 0.870 bits per heavy atom. The summed E-state index contributed by atoms with van der Waals surface area (Å²) in [4.78, 5) is 4.68. The minimum Gasteiger partial charge on any atom is -0.330 e. The van der Waals surface area contributed by atoms with E-state index in [9.17, 15) is 0 Å². The van der Waals surface area contributed by atoms with E-state index in [2.05, 4.69) is 21.7 Å². The van der Waals surface area contributed by atoms with E-state index in [0.717, 1.165) is 45.0 Å². The highest BCUT2D eigenvalue weighted by Gasteiger charge is 2.24. The maximum atomic E-state index is 6.04. The van der Waals surface area contributed by atoms with Gasteiger partial charge in [-0.3, -0.25) is 0 Å². The first kappa shape index (κ1) is 14.8. The summed E-state index contributed by atoms with van der Waals surface area (Å²) < 4.78 is 2.27. The van der Waals surface area contributed by atoms with Crippen molar-refractivity contribution in [2.45, 2.75) is 19.4 Å². The molecule has 1 aliphatic rings. The van der Waals surface area contributed by atoms with Gasteiger partial charge in [0.05, 0.1) is 17.7 Å². The maximum absolute atomic E-state index is 6.04. The molecule has 0 N–H and O–H groups in total. The van der Waals surface area contributed by atoms with Crippen molar-refractivity contribution < 1.29 is 0 Å². The van der Waals surface area contributed by atoms with Crippen LogP contribution in [0.15, 0.2) is 54.9 Å². The van der Waals surface area contributed by atoms with Crippen LogP contribution < -0.4 is 0 Å². The lowest BCUT2D eigenvalue weighted by atomic mass is 10.0. The number of nitrogens with zero attached hydrogens (tertiary/aromatic N) is 2. The molecule has 2 nitrogen and oxygen atoms in total. The Morgan fingerprint density at radius 3 is 2.00 bits per heavy atom. The monoisotopic (exact) mass is 342 g/mol. The summed E-state index contributed by atoms with van der Waals surface area (Å²) in [6, 6.07) is 15.8. The minimum atomic E-state index is 0.735. The molecule has 0 spiro atoms. The van der Waals surface area contributed by atoms with Crippen molar-refractivity contribution in [3.8, 4) is 22.5 Å². The lowest BCUT2D eigenvalue weighted by Gasteiger charge is -2.10. The lowest BCUT2D eigenvalue weighted by Crippen LogP contribution is -2.01. The molecule has 3 aromatic rings. The number of hydrogen-bond acceptors (Lipinski definition) is 1. The number of rotatable bonds is 4. The summed E-state index contributed by atoms with van der Waals surface area (Å²) in [7, 11) is 0. The van der Waals surface area contributed by atoms with Crippen molar-refractivity contribution >= 4 is 23.2 Å². The molecule has 1 saturated carbocycles. The first-order chi connectivity index (χ1) is 11.2. The first-order valence-electron chi connectivity index (χ1n) is 7.78. The molecule has 0 saturated heterocycles. The highest BCUT2D eigenvalue weighted by atomic mass is 35.5. The van der Waals surface area contributed by atoms with Crippen LogP contribution in [0.5, 0.6) is 0 Å². The third-order valence-corrected chi connectivity index (χ3v) is 4.73. The normalized spacial score (nSPS) is 14.2. The van der Waals surface area contributed by atoms with E-state index in [1.807, 2.05) is 42.7 Å². The average molecular weight is 343 g/mol. The predicted molar refractivity (Wildman–Crippen MR) is 95.8 cm³/mol. The predicted octanol–water partition coefficient (Wildman–Crippen LogP) is 5.93. The largest absolute Gasteiger partial charge is 0.330 e. The Hall–Kier alpha value is -1.77. The van der Waals surface area contributed by atoms with Crippen molar-refractivity contribution in [1.82, 2.24) is 9.55 Å². The van der Waals surface area contributed by atoms with E-state index < -0.39 is 0 Å². The SMILES string of the molecule is Clc1ccc(-c2ncn(CC3CC3)c2-c2ccc(Cl)cc2)cc1. The van der Waals surface area contributed by atoms with Crippen LogP contribution in [0, 0.1) is 5.92 Å². The molecule has 0 radical (unpaired) electrons. The van der Waals surface area contributed by atoms with E-state index >= 15 is 0 Å². The fraction of sp³-hybridized carbons (Fsp3) is 0.211. The van der Waals surface area contributed by atoms with Crippen molar-refractivity contribution in [2.75, 3.05) is 0 Å². The lowest BCUT2D eigenvalue weighted by molar-refractivity contribution is 0.631. The molecule has 4 heteroatoms. The van der Waals surface area contributed by atoms with Crippen molar-refractivity contribution in [3.63, 3.8) is 0 Å². The zero-order valence-corrected chi connectivity index (χ0v) is 14.1. The minimum absolute atomic E-state index is 0.735. The van der Waals surface area contributed by atoms with Gasteiger partial charge in [0.15, 0.2) is 0 Å². The fourth-order valence-electron chi connectivity index (χ4n) is 2.83. The second-order valence-corrected chi connectivity index (χ2v) is 6.92. The van der Waals surface area contributed by atoms with Crippen LogP contribution in [-0.2, 0) is 6.54 Å². The Kier molecular flexibility index (Phi) is 3.88. The molecule has 116 valence electrons. The molecule has 1 aromatic heterocycles. The number of imidazole rings is 1. The quantitative estimate of drug-likeness (QED) is 0.574. The van der Waals surface area contributed by atoms with Crippen LogP contribution >= 0.6 is 23.2 Å². The Morgan fingerprint density at radius 2 is 1.43 bits per heavy atom. The van der Waals surface area contributed by atoms with Crippen LogP contribution in [0.25, 0.3) is 22.5 Å². The average Bonchev–Trinajstić information content (AvgIpc) is 3.28. The number of aromatic nitrogens is 2. The van der Waals surface area contributed by atoms with Crippen LogP contribution in [0.2, 0.25) is 10.0 Å². The topological polar surface area (TPSA) is 17.8 Å². The molecule has 0 bridgehead atoms. The molecule has 1 heterocycles. The Bertz CT molecular complexity index is 816. The van der Waals surface area contributed by atoms with E-state index in [-0.39, 0.29) is 0 Å². The molecular formula is C19H16Cl2N2. The number of benzene rings is 2. The molecule has 4 rings (SSSR count). The van der Waals surface area contributed by atoms with E-state index in [1.165, 1.54) is 12.8 Å². The van der Waals surface area contributed by atoms with Gasteiger partial charge in [0.1, 0.15) is 0 Å². The smallest absolute Gasteiger partial charge is 0.0963 e. The van der Waals surface area contributed by atoms with E-state index in [1.54, 1.807) is 0 Å². The number of hydrogen-bond donors (Lipinski definition) is 0. The van der Waals surface area contributed by atoms with Gasteiger partial charge in [-0.25, -0.2) is 4.98 Å². The third-order valence-electron chi connectivity index (χ3n) is 4.22. The van der Waals surface area contributed by atoms with Crippen molar-refractivity contribution in [3.05, 3.63) is 64.9 Å². The third kappa shape index (κ3) is 3.15. The van der Waals surface area contributed by atoms with Gasteiger partial charge in [-0.15, -0.1) is 0 Å². The van der Waals surface area contributed by atoms with Gasteiger partial charge >= 0.3 is 0 Å². The molecule has 0 atom stereocenters. The van der Waals surface area contributed by atoms with Crippen LogP contribution in [0.3, 0.4) is 0 Å². The highest BCUT2D eigenvalue weighted by molar-refractivity contribution is 6.31. The molecule has 0 unspecified atom stereocenters. The highest BCUT2D eigenvalue weighted by Crippen LogP contribution is 2.36. The van der Waals surface area contributed by atoms with Crippen LogP contribution in [0.1, 0.15) is 12.8 Å². The molecule has 23 heavy (non-hydrogen) atoms. The first-order valence-corrected chi connectivity index (χ1v) is 8.53. The van der Waals surface area contributed by atoms with Crippen molar-refractivity contribution in [2.24, 2.45) is 5.92 Å². The molecule has 1 aliphatic carbocycles. The summed E-state index contributed by atoms with van der Waals surface area (Å²) in [5.41, 5.74) is 4.35. The zero-order valence-electron chi connectivity index (χ0n) is 12.5. The molecule has 1 fully saturated rings. The van der Waals surface area contributed by atoms with Gasteiger partial charge in [-0.2, -0.15) is 0 Å². The summed E-state index contributed by atoms with van der Waals surface area (Å²) >= 11 is 12.1. The van der Waals surface area contributed by atoms with Gasteiger partial charge in [-0.05, 0) is 43.0 Å². The van der Waals surface area contributed by atoms with Gasteiger partial charge < -0.3 is 4.57 Å². The van der Waals surface area contributed by atoms with Crippen molar-refractivity contribution in [1.29, 1.82) is 0 Å². The van der Waals surface area contributed by atoms with Gasteiger partial charge in [0, 0.05) is 27.7 Å². The van der Waals surface area contributed by atoms with Gasteiger partial charge in [0.2, 0.25) is 0 Å². The second kappa shape index (κ2) is 6.03. The molecule has 0 amide bonds. The van der Waals surface area contributed by atoms with E-state index in [0.29, 0.717) is 0 Å². The molecule has 0 aliphatic heterocycles. The Labute approximate surface area is 145 Å². The molecule has 2 aromatic carbocycles. The standard InChI is InChI=1S/C19H16Cl2N2/c20-16-7-3-14(4-8-16)18-19(15-5-9-17(21)10-6-15)23(12-22-18)11-13-1-2-13/h3-10,12-13H,1-2,11H2. The maximum Gasteiger partial charge on any atom is 0.0963 e. The fourth-order valence-corrected chi connectivity index (χ4v) is 3.08. The van der Waals surface area contributed by atoms with Crippen LogP contribution in [-0.4, -0.2) is 9.55 Å². The summed E-state index contributed by atoms with van der Waals surface area (Å²) in [5, 5.41) is 1.48. The summed E-state index contributed by atoms with van der Waals surface area (Å²) in [6.45, 7) is 1.03.